The average Bonchev–Trinajstić information content (AvgIpc) is 3.19. The monoisotopic (exact) mass is 436 g/mol. The minimum absolute atomic E-state index is 0.0874. The van der Waals surface area contributed by atoms with Crippen molar-refractivity contribution >= 4 is 23.5 Å². The molecule has 1 aliphatic heterocycles. The summed E-state index contributed by atoms with van der Waals surface area (Å²) < 4.78 is 7.17. The summed E-state index contributed by atoms with van der Waals surface area (Å²) in [7, 11) is 0. The van der Waals surface area contributed by atoms with E-state index in [1.54, 1.807) is 18.2 Å². The number of ether oxygens (including phenoxy) is 1. The van der Waals surface area contributed by atoms with Gasteiger partial charge in [0.25, 0.3) is 5.91 Å². The molecule has 1 aromatic heterocycles. The van der Waals surface area contributed by atoms with Crippen LogP contribution >= 0.6 is 11.6 Å². The van der Waals surface area contributed by atoms with E-state index in [1.807, 2.05) is 30.3 Å². The van der Waals surface area contributed by atoms with Crippen molar-refractivity contribution in [2.75, 3.05) is 0 Å². The molecule has 2 aliphatic rings. The molecule has 158 valence electrons. The molecule has 1 N–H and O–H groups in total. The lowest BCUT2D eigenvalue weighted by molar-refractivity contribution is -0.131. The number of aromatic nitrogens is 3. The lowest BCUT2D eigenvalue weighted by Gasteiger charge is -2.25. The Hall–Kier alpha value is -3.19. The third kappa shape index (κ3) is 3.70. The van der Waals surface area contributed by atoms with Crippen molar-refractivity contribution in [3.8, 4) is 16.9 Å². The smallest absolute Gasteiger partial charge is 0.360 e. The maximum Gasteiger partial charge on any atom is 0.360 e. The van der Waals surface area contributed by atoms with Crippen molar-refractivity contribution in [3.05, 3.63) is 64.8 Å². The molecule has 1 fully saturated rings. The van der Waals surface area contributed by atoms with Gasteiger partial charge >= 0.3 is 5.97 Å². The Bertz CT molecular complexity index is 1140. The van der Waals surface area contributed by atoms with E-state index in [0.717, 1.165) is 31.2 Å². The molecule has 31 heavy (non-hydrogen) atoms. The summed E-state index contributed by atoms with van der Waals surface area (Å²) in [6.45, 7) is 0. The maximum atomic E-state index is 13.2. The number of nitrogens with zero attached hydrogens (tertiary/aromatic N) is 3. The van der Waals surface area contributed by atoms with Crippen LogP contribution in [0.3, 0.4) is 0 Å². The highest BCUT2D eigenvalue weighted by molar-refractivity contribution is 6.30. The quantitative estimate of drug-likeness (QED) is 0.620. The minimum Gasteiger partial charge on any atom is -0.442 e. The SMILES string of the molecule is O=C1OC(C(=O)NC2CCCCC2)c2cc(Cl)ccc2-n2nnc(-c3ccccc3)c21. The highest BCUT2D eigenvalue weighted by Gasteiger charge is 2.37. The summed E-state index contributed by atoms with van der Waals surface area (Å²) in [5, 5.41) is 11.9. The van der Waals surface area contributed by atoms with Gasteiger partial charge in [0.15, 0.2) is 5.69 Å². The third-order valence-corrected chi connectivity index (χ3v) is 6.06. The Morgan fingerprint density at radius 3 is 2.65 bits per heavy atom. The summed E-state index contributed by atoms with van der Waals surface area (Å²) in [5.74, 6) is -0.997. The molecule has 2 heterocycles. The van der Waals surface area contributed by atoms with E-state index < -0.39 is 12.1 Å². The number of carbonyl (C=O) groups excluding carboxylic acids is 2. The predicted molar refractivity (Wildman–Crippen MR) is 115 cm³/mol. The van der Waals surface area contributed by atoms with Crippen molar-refractivity contribution in [2.24, 2.45) is 0 Å². The van der Waals surface area contributed by atoms with E-state index in [9.17, 15) is 9.59 Å². The number of rotatable bonds is 3. The highest BCUT2D eigenvalue weighted by atomic mass is 35.5. The van der Waals surface area contributed by atoms with Crippen LogP contribution in [-0.4, -0.2) is 32.9 Å². The van der Waals surface area contributed by atoms with Gasteiger partial charge in [-0.25, -0.2) is 9.48 Å². The molecular weight excluding hydrogens is 416 g/mol. The molecule has 1 amide bonds. The van der Waals surface area contributed by atoms with Crippen molar-refractivity contribution in [1.29, 1.82) is 0 Å². The fraction of sp³-hybridized carbons (Fsp3) is 0.304. The van der Waals surface area contributed by atoms with Gasteiger partial charge in [0.05, 0.1) is 5.69 Å². The van der Waals surface area contributed by atoms with Gasteiger partial charge in [0.1, 0.15) is 5.69 Å². The number of fused-ring (bicyclic) bond motifs is 3. The molecule has 0 radical (unpaired) electrons. The first-order chi connectivity index (χ1) is 15.1. The Morgan fingerprint density at radius 2 is 1.87 bits per heavy atom. The molecule has 5 rings (SSSR count). The van der Waals surface area contributed by atoms with Crippen LogP contribution in [0.1, 0.15) is 54.3 Å². The lowest BCUT2D eigenvalue weighted by Crippen LogP contribution is -2.40. The van der Waals surface area contributed by atoms with Crippen LogP contribution in [0.15, 0.2) is 48.5 Å². The molecule has 3 aromatic rings. The summed E-state index contributed by atoms with van der Waals surface area (Å²) in [4.78, 5) is 26.4. The van der Waals surface area contributed by atoms with Crippen molar-refractivity contribution in [1.82, 2.24) is 20.3 Å². The molecule has 8 heteroatoms. The summed E-state index contributed by atoms with van der Waals surface area (Å²) in [5.41, 5.74) is 2.35. The zero-order valence-corrected chi connectivity index (χ0v) is 17.5. The molecular formula is C23H21ClN4O3. The minimum atomic E-state index is -1.12. The second kappa shape index (κ2) is 8.15. The summed E-state index contributed by atoms with van der Waals surface area (Å²) in [6, 6.07) is 14.4. The van der Waals surface area contributed by atoms with E-state index in [1.165, 1.54) is 11.1 Å². The van der Waals surface area contributed by atoms with Gasteiger partial charge in [-0.05, 0) is 31.0 Å². The van der Waals surface area contributed by atoms with Crippen LogP contribution in [-0.2, 0) is 9.53 Å². The Labute approximate surface area is 184 Å². The van der Waals surface area contributed by atoms with Gasteiger partial charge in [-0.2, -0.15) is 0 Å². The van der Waals surface area contributed by atoms with E-state index >= 15 is 0 Å². The summed E-state index contributed by atoms with van der Waals surface area (Å²) in [6.07, 6.45) is 4.09. The normalized spacial score (nSPS) is 18.5. The number of esters is 1. The third-order valence-electron chi connectivity index (χ3n) is 5.83. The van der Waals surface area contributed by atoms with Gasteiger partial charge in [0.2, 0.25) is 6.10 Å². The van der Waals surface area contributed by atoms with Crippen LogP contribution in [0.25, 0.3) is 16.9 Å². The van der Waals surface area contributed by atoms with Crippen LogP contribution in [0.4, 0.5) is 0 Å². The zero-order chi connectivity index (χ0) is 21.4. The molecule has 1 aliphatic carbocycles. The van der Waals surface area contributed by atoms with Crippen molar-refractivity contribution < 1.29 is 14.3 Å². The number of benzene rings is 2. The maximum absolute atomic E-state index is 13.2. The predicted octanol–water partition coefficient (Wildman–Crippen LogP) is 4.25. The first-order valence-corrected chi connectivity index (χ1v) is 10.8. The Morgan fingerprint density at radius 1 is 1.10 bits per heavy atom. The van der Waals surface area contributed by atoms with Gasteiger partial charge in [-0.3, -0.25) is 4.79 Å². The molecule has 1 atom stereocenters. The van der Waals surface area contributed by atoms with Gasteiger partial charge in [-0.15, -0.1) is 5.10 Å². The fourth-order valence-corrected chi connectivity index (χ4v) is 4.48. The lowest BCUT2D eigenvalue weighted by atomic mass is 9.95. The molecule has 1 saturated carbocycles. The second-order valence-electron chi connectivity index (χ2n) is 7.90. The van der Waals surface area contributed by atoms with E-state index in [4.69, 9.17) is 16.3 Å². The first kappa shape index (κ1) is 19.8. The van der Waals surface area contributed by atoms with Crippen LogP contribution in [0.2, 0.25) is 5.02 Å². The van der Waals surface area contributed by atoms with Crippen LogP contribution < -0.4 is 5.32 Å². The Balaban J connectivity index is 1.57. The van der Waals surface area contributed by atoms with Gasteiger partial charge < -0.3 is 10.1 Å². The first-order valence-electron chi connectivity index (χ1n) is 10.4. The zero-order valence-electron chi connectivity index (χ0n) is 16.8. The van der Waals surface area contributed by atoms with Crippen LogP contribution in [0, 0.1) is 0 Å². The van der Waals surface area contributed by atoms with Crippen LogP contribution in [0.5, 0.6) is 0 Å². The van der Waals surface area contributed by atoms with E-state index in [0.29, 0.717) is 22.0 Å². The number of carbonyl (C=O) groups is 2. The number of nitrogens with one attached hydrogen (secondary N) is 1. The highest BCUT2D eigenvalue weighted by Crippen LogP contribution is 2.35. The number of hydrogen-bond donors (Lipinski definition) is 1. The van der Waals surface area contributed by atoms with E-state index in [2.05, 4.69) is 15.6 Å². The van der Waals surface area contributed by atoms with Gasteiger partial charge in [0, 0.05) is 22.2 Å². The molecule has 0 saturated heterocycles. The van der Waals surface area contributed by atoms with E-state index in [-0.39, 0.29) is 17.6 Å². The number of cyclic esters (lactones) is 1. The number of amides is 1. The second-order valence-corrected chi connectivity index (χ2v) is 8.33. The summed E-state index contributed by atoms with van der Waals surface area (Å²) >= 11 is 6.24. The molecule has 0 bridgehead atoms. The molecule has 2 aromatic carbocycles. The van der Waals surface area contributed by atoms with Crippen molar-refractivity contribution in [2.45, 2.75) is 44.2 Å². The standard InChI is InChI=1S/C23H21ClN4O3/c24-15-11-12-18-17(13-15)21(22(29)25-16-9-5-2-6-10-16)31-23(30)20-19(26-27-28(18)20)14-7-3-1-4-8-14/h1,3-4,7-8,11-13,16,21H,2,5-6,9-10H2,(H,25,29). The fourth-order valence-electron chi connectivity index (χ4n) is 4.30. The van der Waals surface area contributed by atoms with Crippen molar-refractivity contribution in [3.63, 3.8) is 0 Å². The molecule has 0 spiro atoms. The average molecular weight is 437 g/mol. The van der Waals surface area contributed by atoms with Gasteiger partial charge in [-0.1, -0.05) is 66.4 Å². The largest absolute Gasteiger partial charge is 0.442 e. The topological polar surface area (TPSA) is 86.1 Å². The molecule has 7 nitrogen and oxygen atoms in total. The molecule has 1 unspecified atom stereocenters. The Kier molecular flexibility index (Phi) is 5.19. The number of hydrogen-bond acceptors (Lipinski definition) is 5. The number of halogens is 1.